The smallest absolute Gasteiger partial charge is 0.164 e. The van der Waals surface area contributed by atoms with E-state index in [-0.39, 0.29) is 42.5 Å². The maximum atomic E-state index is 11.8. The summed E-state index contributed by atoms with van der Waals surface area (Å²) in [5, 5.41) is 13.3. The van der Waals surface area contributed by atoms with Gasteiger partial charge in [0.2, 0.25) is 0 Å². The largest absolute Gasteiger partial charge is 0.512 e. The summed E-state index contributed by atoms with van der Waals surface area (Å²) in [7, 11) is 0. The van der Waals surface area contributed by atoms with Crippen molar-refractivity contribution in [3.05, 3.63) is 83.4 Å². The van der Waals surface area contributed by atoms with Crippen LogP contribution in [-0.2, 0) is 24.9 Å². The number of aliphatic hydroxyl groups excluding tert-OH is 1. The van der Waals surface area contributed by atoms with Crippen LogP contribution in [0.15, 0.2) is 60.6 Å². The molecule has 209 valence electrons. The molecule has 0 spiro atoms. The first-order chi connectivity index (χ1) is 17.8. The maximum Gasteiger partial charge on any atom is 0.164 e. The second-order valence-electron chi connectivity index (χ2n) is 11.5. The zero-order chi connectivity index (χ0) is 28.3. The standard InChI is InChI=1S/C21H17N2.C13H24O2.Ir/c1-13-4-5-16-6-7-18-20(17-9-14(2)8-15(3)10-17)22-12-23-21(18)19(16)11-13;1-7-12(3,4)10(14)9-11(15)13(5,6)8-2;/h4-9,11-12H,1-3H3;9,14H,7-8H2,1-6H3;/q-1;;/b;10-9-;. The van der Waals surface area contributed by atoms with Crippen LogP contribution in [0.3, 0.4) is 0 Å². The molecule has 1 N–H and O–H groups in total. The molecule has 0 aliphatic rings. The predicted molar refractivity (Wildman–Crippen MR) is 159 cm³/mol. The van der Waals surface area contributed by atoms with Gasteiger partial charge in [-0.2, -0.15) is 0 Å². The average Bonchev–Trinajstić information content (AvgIpc) is 2.87. The summed E-state index contributed by atoms with van der Waals surface area (Å²) in [5.74, 6) is 0.195. The van der Waals surface area contributed by atoms with Crippen LogP contribution >= 0.6 is 0 Å². The Morgan fingerprint density at radius 2 is 1.51 bits per heavy atom. The number of ketones is 1. The molecule has 0 fully saturated rings. The minimum Gasteiger partial charge on any atom is -0.512 e. The number of fused-ring (bicyclic) bond motifs is 3. The van der Waals surface area contributed by atoms with Gasteiger partial charge in [0, 0.05) is 42.4 Å². The number of nitrogens with zero attached hydrogens (tertiary/aromatic N) is 2. The number of allylic oxidation sites excluding steroid dienone is 2. The van der Waals surface area contributed by atoms with Crippen molar-refractivity contribution >= 4 is 27.5 Å². The molecule has 4 rings (SSSR count). The van der Waals surface area contributed by atoms with Crippen LogP contribution in [0, 0.1) is 37.7 Å². The molecular weight excluding hydrogens is 661 g/mol. The Kier molecular flexibility index (Phi) is 10.8. The molecule has 0 unspecified atom stereocenters. The third kappa shape index (κ3) is 7.62. The molecule has 4 nitrogen and oxygen atoms in total. The van der Waals surface area contributed by atoms with E-state index in [1.165, 1.54) is 28.0 Å². The van der Waals surface area contributed by atoms with E-state index in [9.17, 15) is 9.90 Å². The predicted octanol–water partition coefficient (Wildman–Crippen LogP) is 9.04. The number of carbonyl (C=O) groups excluding carboxylic acids is 1. The zero-order valence-electron chi connectivity index (χ0n) is 24.7. The molecule has 0 atom stereocenters. The van der Waals surface area contributed by atoms with Gasteiger partial charge in [0.15, 0.2) is 5.78 Å². The molecule has 0 amide bonds. The van der Waals surface area contributed by atoms with E-state index >= 15 is 0 Å². The summed E-state index contributed by atoms with van der Waals surface area (Å²) in [6.45, 7) is 17.9. The molecule has 0 saturated heterocycles. The number of aliphatic hydroxyl groups is 1. The van der Waals surface area contributed by atoms with Gasteiger partial charge in [0.25, 0.3) is 0 Å². The van der Waals surface area contributed by atoms with E-state index in [0.29, 0.717) is 0 Å². The number of aryl methyl sites for hydroxylation is 3. The van der Waals surface area contributed by atoms with Crippen LogP contribution < -0.4 is 0 Å². The summed E-state index contributed by atoms with van der Waals surface area (Å²) in [5.41, 5.74) is 5.89. The van der Waals surface area contributed by atoms with Crippen molar-refractivity contribution in [2.24, 2.45) is 10.8 Å². The second kappa shape index (κ2) is 13.0. The topological polar surface area (TPSA) is 63.1 Å². The summed E-state index contributed by atoms with van der Waals surface area (Å²) in [6.07, 6.45) is 4.65. The Balaban J connectivity index is 0.000000294. The van der Waals surface area contributed by atoms with Gasteiger partial charge in [-0.05, 0) is 42.3 Å². The Morgan fingerprint density at radius 3 is 2.13 bits per heavy atom. The first kappa shape index (κ1) is 32.3. The van der Waals surface area contributed by atoms with Crippen molar-refractivity contribution in [1.82, 2.24) is 9.97 Å². The summed E-state index contributed by atoms with van der Waals surface area (Å²) < 4.78 is 0. The van der Waals surface area contributed by atoms with Crippen molar-refractivity contribution in [3.8, 4) is 11.3 Å². The van der Waals surface area contributed by atoms with Crippen molar-refractivity contribution in [3.63, 3.8) is 0 Å². The van der Waals surface area contributed by atoms with Gasteiger partial charge in [0.05, 0.1) is 5.52 Å². The van der Waals surface area contributed by atoms with E-state index in [4.69, 9.17) is 0 Å². The molecule has 5 heteroatoms. The summed E-state index contributed by atoms with van der Waals surface area (Å²) in [6, 6.07) is 18.4. The van der Waals surface area contributed by atoms with Gasteiger partial charge in [0.1, 0.15) is 12.1 Å². The third-order valence-corrected chi connectivity index (χ3v) is 7.58. The minimum atomic E-state index is -0.377. The van der Waals surface area contributed by atoms with Crippen molar-refractivity contribution in [2.75, 3.05) is 0 Å². The van der Waals surface area contributed by atoms with Crippen LogP contribution in [0.5, 0.6) is 0 Å². The second-order valence-corrected chi connectivity index (χ2v) is 11.5. The van der Waals surface area contributed by atoms with Crippen molar-refractivity contribution in [1.29, 1.82) is 0 Å². The molecule has 0 bridgehead atoms. The summed E-state index contributed by atoms with van der Waals surface area (Å²) >= 11 is 0. The molecule has 0 saturated carbocycles. The molecule has 1 heterocycles. The molecular formula is C34H41IrN2O2-. The Bertz CT molecular complexity index is 1480. The zero-order valence-corrected chi connectivity index (χ0v) is 27.1. The fraction of sp³-hybridized carbons (Fsp3) is 0.382. The number of benzene rings is 3. The van der Waals surface area contributed by atoms with Crippen LogP contribution in [0.1, 0.15) is 71.1 Å². The maximum absolute atomic E-state index is 11.8. The summed E-state index contributed by atoms with van der Waals surface area (Å²) in [4.78, 5) is 20.9. The minimum absolute atomic E-state index is 0. The van der Waals surface area contributed by atoms with Crippen LogP contribution in [0.2, 0.25) is 0 Å². The monoisotopic (exact) mass is 702 g/mol. The van der Waals surface area contributed by atoms with Crippen LogP contribution in [0.4, 0.5) is 0 Å². The van der Waals surface area contributed by atoms with Gasteiger partial charge in [-0.15, -0.1) is 34.9 Å². The number of rotatable bonds is 6. The fourth-order valence-electron chi connectivity index (χ4n) is 4.07. The molecule has 3 aromatic carbocycles. The fourth-order valence-corrected chi connectivity index (χ4v) is 4.07. The van der Waals surface area contributed by atoms with Gasteiger partial charge in [-0.3, -0.25) is 9.78 Å². The van der Waals surface area contributed by atoms with Gasteiger partial charge >= 0.3 is 0 Å². The average molecular weight is 702 g/mol. The molecule has 1 radical (unpaired) electrons. The molecule has 0 aliphatic carbocycles. The van der Waals surface area contributed by atoms with E-state index in [0.717, 1.165) is 40.6 Å². The molecule has 39 heavy (non-hydrogen) atoms. The first-order valence-corrected chi connectivity index (χ1v) is 13.4. The molecule has 0 aliphatic heterocycles. The molecule has 4 aromatic rings. The first-order valence-electron chi connectivity index (χ1n) is 13.4. The van der Waals surface area contributed by atoms with Crippen LogP contribution in [0.25, 0.3) is 32.9 Å². The number of aromatic nitrogens is 2. The quantitative estimate of drug-likeness (QED) is 0.0944. The van der Waals surface area contributed by atoms with E-state index in [2.05, 4.69) is 79.3 Å². The number of hydrogen-bond acceptors (Lipinski definition) is 4. The van der Waals surface area contributed by atoms with Crippen LogP contribution in [-0.4, -0.2) is 20.9 Å². The van der Waals surface area contributed by atoms with Crippen molar-refractivity contribution < 1.29 is 30.0 Å². The number of carbonyl (C=O) groups is 1. The van der Waals surface area contributed by atoms with E-state index < -0.39 is 0 Å². The Labute approximate surface area is 247 Å². The van der Waals surface area contributed by atoms with Gasteiger partial charge < -0.3 is 5.11 Å². The van der Waals surface area contributed by atoms with E-state index in [1.54, 1.807) is 6.33 Å². The third-order valence-electron chi connectivity index (χ3n) is 7.58. The number of hydrogen-bond donors (Lipinski definition) is 1. The van der Waals surface area contributed by atoms with Crippen molar-refractivity contribution in [2.45, 2.75) is 75.2 Å². The normalized spacial score (nSPS) is 12.1. The Morgan fingerprint density at radius 1 is 0.872 bits per heavy atom. The SMILES string of the molecule is CCC(C)(C)C(=O)/C=C(\O)C(C)(C)CC.Cc1[c-]c(-c2ncnc3c2ccc2ccc(C)cc23)cc(C)c1.[Ir]. The van der Waals surface area contributed by atoms with Gasteiger partial charge in [-0.25, -0.2) is 4.98 Å². The van der Waals surface area contributed by atoms with Gasteiger partial charge in [-0.1, -0.05) is 85.2 Å². The molecule has 1 aromatic heterocycles. The Hall–Kier alpha value is -2.88. The van der Waals surface area contributed by atoms with E-state index in [1.807, 2.05) is 41.5 Å².